The highest BCUT2D eigenvalue weighted by atomic mass is 16.3. The second-order valence-corrected chi connectivity index (χ2v) is 8.55. The minimum absolute atomic E-state index is 0.915. The Balaban J connectivity index is 1.57. The van der Waals surface area contributed by atoms with Gasteiger partial charge in [0.25, 0.3) is 0 Å². The van der Waals surface area contributed by atoms with Crippen LogP contribution in [0.3, 0.4) is 0 Å². The van der Waals surface area contributed by atoms with Gasteiger partial charge in [0.2, 0.25) is 0 Å². The molecule has 0 fully saturated rings. The SMILES string of the molecule is C=C/C(=C\C)c1ccc(-c2cc3oc4cc(-c5ccccc5)ccc4c3c3ccccc23)cc1. The lowest BCUT2D eigenvalue weighted by Gasteiger charge is -2.10. The van der Waals surface area contributed by atoms with E-state index in [1.165, 1.54) is 38.4 Å². The monoisotopic (exact) mass is 436 g/mol. The molecule has 0 bridgehead atoms. The fourth-order valence-electron chi connectivity index (χ4n) is 4.93. The van der Waals surface area contributed by atoms with Gasteiger partial charge in [0.15, 0.2) is 0 Å². The van der Waals surface area contributed by atoms with Gasteiger partial charge < -0.3 is 4.42 Å². The molecule has 0 spiro atoms. The Bertz CT molecular complexity index is 1700. The molecule has 0 saturated carbocycles. The predicted octanol–water partition coefficient (Wildman–Crippen LogP) is 9.66. The minimum Gasteiger partial charge on any atom is -0.456 e. The van der Waals surface area contributed by atoms with Crippen molar-refractivity contribution in [2.24, 2.45) is 0 Å². The lowest BCUT2D eigenvalue weighted by atomic mass is 9.93. The van der Waals surface area contributed by atoms with Crippen LogP contribution in [-0.4, -0.2) is 0 Å². The molecule has 6 aromatic rings. The molecule has 1 nitrogen and oxygen atoms in total. The normalized spacial score (nSPS) is 12.0. The first kappa shape index (κ1) is 20.3. The number of allylic oxidation sites excluding steroid dienone is 3. The van der Waals surface area contributed by atoms with Crippen LogP contribution in [0, 0.1) is 0 Å². The van der Waals surface area contributed by atoms with E-state index in [1.54, 1.807) is 0 Å². The Labute approximate surface area is 199 Å². The lowest BCUT2D eigenvalue weighted by molar-refractivity contribution is 0.669. The van der Waals surface area contributed by atoms with E-state index in [2.05, 4.69) is 110 Å². The second-order valence-electron chi connectivity index (χ2n) is 8.55. The lowest BCUT2D eigenvalue weighted by Crippen LogP contribution is -1.85. The quantitative estimate of drug-likeness (QED) is 0.251. The fraction of sp³-hybridized carbons (Fsp3) is 0.0303. The van der Waals surface area contributed by atoms with Gasteiger partial charge in [-0.25, -0.2) is 0 Å². The van der Waals surface area contributed by atoms with E-state index in [0.29, 0.717) is 0 Å². The van der Waals surface area contributed by atoms with Crippen LogP contribution in [0.25, 0.3) is 60.5 Å². The Morgan fingerprint density at radius 2 is 1.35 bits per heavy atom. The third kappa shape index (κ3) is 3.25. The van der Waals surface area contributed by atoms with Gasteiger partial charge in [-0.3, -0.25) is 0 Å². The number of benzene rings is 5. The average molecular weight is 437 g/mol. The molecule has 34 heavy (non-hydrogen) atoms. The molecule has 0 N–H and O–H groups in total. The molecule has 162 valence electrons. The van der Waals surface area contributed by atoms with E-state index in [-0.39, 0.29) is 0 Å². The van der Waals surface area contributed by atoms with Crippen LogP contribution in [0.4, 0.5) is 0 Å². The Hall–Kier alpha value is -4.36. The summed E-state index contributed by atoms with van der Waals surface area (Å²) in [6, 6.07) is 36.5. The molecule has 0 aliphatic carbocycles. The molecule has 1 heteroatoms. The zero-order chi connectivity index (χ0) is 23.1. The first-order chi connectivity index (χ1) is 16.8. The summed E-state index contributed by atoms with van der Waals surface area (Å²) in [5, 5.41) is 4.77. The van der Waals surface area contributed by atoms with Crippen molar-refractivity contribution in [1.82, 2.24) is 0 Å². The Morgan fingerprint density at radius 1 is 0.647 bits per heavy atom. The van der Waals surface area contributed by atoms with E-state index < -0.39 is 0 Å². The standard InChI is InChI=1S/C33H24O/c1-3-22(4-2)24-14-16-25(17-15-24)30-21-32-33(28-13-9-8-12-27(28)30)29-19-18-26(20-31(29)34-32)23-10-6-5-7-11-23/h3-21H,1H2,2H3/b22-4+. The zero-order valence-electron chi connectivity index (χ0n) is 19.1. The van der Waals surface area contributed by atoms with E-state index in [9.17, 15) is 0 Å². The number of rotatable bonds is 4. The molecule has 6 rings (SSSR count). The summed E-state index contributed by atoms with van der Waals surface area (Å²) in [5.41, 5.74) is 8.84. The van der Waals surface area contributed by atoms with Crippen molar-refractivity contribution < 1.29 is 4.42 Å². The van der Waals surface area contributed by atoms with Gasteiger partial charge in [-0.2, -0.15) is 0 Å². The van der Waals surface area contributed by atoms with Gasteiger partial charge in [-0.1, -0.05) is 104 Å². The fourth-order valence-corrected chi connectivity index (χ4v) is 4.93. The summed E-state index contributed by atoms with van der Waals surface area (Å²) in [4.78, 5) is 0. The van der Waals surface area contributed by atoms with Crippen molar-refractivity contribution in [3.63, 3.8) is 0 Å². The summed E-state index contributed by atoms with van der Waals surface area (Å²) >= 11 is 0. The van der Waals surface area contributed by atoms with Crippen LogP contribution in [-0.2, 0) is 0 Å². The number of hydrogen-bond acceptors (Lipinski definition) is 1. The minimum atomic E-state index is 0.915. The number of furan rings is 1. The molecule has 1 aromatic heterocycles. The highest BCUT2D eigenvalue weighted by Crippen LogP contribution is 2.41. The van der Waals surface area contributed by atoms with Gasteiger partial charge in [0.1, 0.15) is 11.2 Å². The first-order valence-electron chi connectivity index (χ1n) is 11.6. The van der Waals surface area contributed by atoms with Crippen molar-refractivity contribution in [1.29, 1.82) is 0 Å². The maximum absolute atomic E-state index is 6.46. The van der Waals surface area contributed by atoms with Gasteiger partial charge >= 0.3 is 0 Å². The van der Waals surface area contributed by atoms with E-state index in [4.69, 9.17) is 4.42 Å². The van der Waals surface area contributed by atoms with Gasteiger partial charge in [0.05, 0.1) is 0 Å². The largest absolute Gasteiger partial charge is 0.456 e. The Morgan fingerprint density at radius 3 is 2.09 bits per heavy atom. The second kappa shape index (κ2) is 8.20. The van der Waals surface area contributed by atoms with Crippen molar-refractivity contribution in [2.75, 3.05) is 0 Å². The number of fused-ring (bicyclic) bond motifs is 5. The molecule has 1 heterocycles. The molecule has 0 aliphatic rings. The molecule has 0 atom stereocenters. The van der Waals surface area contributed by atoms with Crippen molar-refractivity contribution >= 4 is 38.3 Å². The highest BCUT2D eigenvalue weighted by Gasteiger charge is 2.15. The molecule has 0 radical (unpaired) electrons. The van der Waals surface area contributed by atoms with Crippen LogP contribution in [0.15, 0.2) is 126 Å². The first-order valence-corrected chi connectivity index (χ1v) is 11.6. The summed E-state index contributed by atoms with van der Waals surface area (Å²) in [6.07, 6.45) is 3.98. The molecular weight excluding hydrogens is 412 g/mol. The maximum Gasteiger partial charge on any atom is 0.136 e. The molecular formula is C33H24O. The predicted molar refractivity (Wildman–Crippen MR) is 146 cm³/mol. The zero-order valence-corrected chi connectivity index (χ0v) is 19.1. The third-order valence-electron chi connectivity index (χ3n) is 6.65. The summed E-state index contributed by atoms with van der Waals surface area (Å²) in [7, 11) is 0. The summed E-state index contributed by atoms with van der Waals surface area (Å²) < 4.78 is 6.46. The topological polar surface area (TPSA) is 13.1 Å². The van der Waals surface area contributed by atoms with Gasteiger partial charge in [-0.15, -0.1) is 0 Å². The van der Waals surface area contributed by atoms with Crippen molar-refractivity contribution in [2.45, 2.75) is 6.92 Å². The van der Waals surface area contributed by atoms with Crippen molar-refractivity contribution in [3.05, 3.63) is 127 Å². The van der Waals surface area contributed by atoms with Gasteiger partial charge in [-0.05, 0) is 69.3 Å². The van der Waals surface area contributed by atoms with Crippen LogP contribution in [0.1, 0.15) is 12.5 Å². The smallest absolute Gasteiger partial charge is 0.136 e. The Kier molecular flexibility index (Phi) is 4.89. The molecule has 0 amide bonds. The number of hydrogen-bond donors (Lipinski definition) is 0. The van der Waals surface area contributed by atoms with Crippen LogP contribution >= 0.6 is 0 Å². The van der Waals surface area contributed by atoms with Crippen LogP contribution in [0.5, 0.6) is 0 Å². The van der Waals surface area contributed by atoms with Gasteiger partial charge in [0, 0.05) is 10.8 Å². The van der Waals surface area contributed by atoms with Crippen LogP contribution < -0.4 is 0 Å². The molecule has 0 aliphatic heterocycles. The van der Waals surface area contributed by atoms with Crippen LogP contribution in [0.2, 0.25) is 0 Å². The van der Waals surface area contributed by atoms with Crippen molar-refractivity contribution in [3.8, 4) is 22.3 Å². The maximum atomic E-state index is 6.46. The van der Waals surface area contributed by atoms with E-state index in [0.717, 1.165) is 27.7 Å². The molecule has 0 saturated heterocycles. The molecule has 5 aromatic carbocycles. The van der Waals surface area contributed by atoms with E-state index in [1.807, 2.05) is 19.1 Å². The third-order valence-corrected chi connectivity index (χ3v) is 6.65. The van der Waals surface area contributed by atoms with E-state index >= 15 is 0 Å². The summed E-state index contributed by atoms with van der Waals surface area (Å²) in [6.45, 7) is 5.97. The summed E-state index contributed by atoms with van der Waals surface area (Å²) in [5.74, 6) is 0. The highest BCUT2D eigenvalue weighted by molar-refractivity contribution is 6.22. The molecule has 0 unspecified atom stereocenters. The average Bonchev–Trinajstić information content (AvgIpc) is 3.28.